The maximum Gasteiger partial charge on any atom is 0.248 e. The van der Waals surface area contributed by atoms with E-state index in [2.05, 4.69) is 20.7 Å². The smallest absolute Gasteiger partial charge is 0.248 e. The van der Waals surface area contributed by atoms with Crippen LogP contribution in [0.5, 0.6) is 0 Å². The minimum Gasteiger partial charge on any atom is -0.326 e. The van der Waals surface area contributed by atoms with Gasteiger partial charge in [-0.1, -0.05) is 6.07 Å². The topological polar surface area (TPSA) is 88.9 Å². The van der Waals surface area contributed by atoms with Crippen LogP contribution in [0.2, 0.25) is 0 Å². The van der Waals surface area contributed by atoms with E-state index in [9.17, 15) is 9.59 Å². The number of aryl methyl sites for hydroxylation is 1. The maximum absolute atomic E-state index is 12.3. The zero-order valence-electron chi connectivity index (χ0n) is 15.0. The van der Waals surface area contributed by atoms with E-state index in [1.807, 2.05) is 12.1 Å². The number of carbonyl (C=O) groups is 2. The van der Waals surface area contributed by atoms with Crippen molar-refractivity contribution in [3.8, 4) is 0 Å². The Morgan fingerprint density at radius 2 is 1.78 bits per heavy atom. The molecule has 0 fully saturated rings. The van der Waals surface area contributed by atoms with Crippen LogP contribution in [-0.2, 0) is 16.0 Å². The predicted molar refractivity (Wildman–Crippen MR) is 103 cm³/mol. The molecule has 7 heteroatoms. The molecular weight excluding hydrogens is 342 g/mol. The molecule has 0 aliphatic heterocycles. The van der Waals surface area contributed by atoms with Gasteiger partial charge >= 0.3 is 0 Å². The van der Waals surface area contributed by atoms with Gasteiger partial charge in [0.2, 0.25) is 11.8 Å². The van der Waals surface area contributed by atoms with Crippen LogP contribution in [0.25, 0.3) is 0 Å². The first-order valence-electron chi connectivity index (χ1n) is 8.70. The number of pyridine rings is 1. The van der Waals surface area contributed by atoms with Crippen molar-refractivity contribution in [3.63, 3.8) is 0 Å². The number of carbonyl (C=O) groups excluding carboxylic acids is 2. The van der Waals surface area contributed by atoms with E-state index in [-0.39, 0.29) is 11.8 Å². The second kappa shape index (κ2) is 8.75. The summed E-state index contributed by atoms with van der Waals surface area (Å²) in [6, 6.07) is 12.2. The Hall–Kier alpha value is -3.48. The molecule has 0 aliphatic carbocycles. The van der Waals surface area contributed by atoms with Crippen molar-refractivity contribution in [1.82, 2.24) is 14.8 Å². The van der Waals surface area contributed by atoms with Crippen molar-refractivity contribution in [1.29, 1.82) is 0 Å². The second-order valence-electron chi connectivity index (χ2n) is 6.14. The first-order chi connectivity index (χ1) is 13.1. The molecule has 3 aromatic rings. The zero-order valence-corrected chi connectivity index (χ0v) is 15.0. The number of anilines is 2. The fourth-order valence-electron chi connectivity index (χ4n) is 2.58. The van der Waals surface area contributed by atoms with Crippen LogP contribution in [0.15, 0.2) is 67.3 Å². The van der Waals surface area contributed by atoms with Crippen LogP contribution in [0, 0.1) is 0 Å². The van der Waals surface area contributed by atoms with Crippen LogP contribution in [-0.4, -0.2) is 26.6 Å². The molecule has 0 aliphatic rings. The Kier molecular flexibility index (Phi) is 5.94. The molecule has 1 unspecified atom stereocenters. The summed E-state index contributed by atoms with van der Waals surface area (Å²) in [6.07, 6.45) is 7.81. The lowest BCUT2D eigenvalue weighted by Crippen LogP contribution is -2.24. The number of amides is 2. The number of nitrogens with zero attached hydrogens (tertiary/aromatic N) is 3. The van der Waals surface area contributed by atoms with Crippen LogP contribution < -0.4 is 10.6 Å². The van der Waals surface area contributed by atoms with Gasteiger partial charge in [-0.2, -0.15) is 5.10 Å². The van der Waals surface area contributed by atoms with Gasteiger partial charge in [-0.3, -0.25) is 19.3 Å². The minimum absolute atomic E-state index is 0.0832. The number of rotatable bonds is 7. The molecule has 2 N–H and O–H groups in total. The summed E-state index contributed by atoms with van der Waals surface area (Å²) in [6.45, 7) is 1.77. The molecule has 27 heavy (non-hydrogen) atoms. The van der Waals surface area contributed by atoms with Crippen molar-refractivity contribution in [2.24, 2.45) is 0 Å². The largest absolute Gasteiger partial charge is 0.326 e. The van der Waals surface area contributed by atoms with E-state index < -0.39 is 6.04 Å². The van der Waals surface area contributed by atoms with Gasteiger partial charge in [-0.15, -0.1) is 0 Å². The van der Waals surface area contributed by atoms with Gasteiger partial charge in [0.1, 0.15) is 6.04 Å². The molecule has 2 amide bonds. The Balaban J connectivity index is 1.55. The van der Waals surface area contributed by atoms with E-state index in [1.54, 1.807) is 66.7 Å². The first-order valence-corrected chi connectivity index (χ1v) is 8.70. The second-order valence-corrected chi connectivity index (χ2v) is 6.14. The van der Waals surface area contributed by atoms with Crippen LogP contribution in [0.1, 0.15) is 24.9 Å². The monoisotopic (exact) mass is 363 g/mol. The SMILES string of the molecule is CC(C(=O)Nc1cccc(NC(=O)CCc2ccncc2)c1)n1cccn1. The molecule has 0 spiro atoms. The highest BCUT2D eigenvalue weighted by Gasteiger charge is 2.15. The molecule has 0 saturated carbocycles. The number of hydrogen-bond acceptors (Lipinski definition) is 4. The van der Waals surface area contributed by atoms with E-state index >= 15 is 0 Å². The predicted octanol–water partition coefficient (Wildman–Crippen LogP) is 3.05. The van der Waals surface area contributed by atoms with Crippen LogP contribution in [0.4, 0.5) is 11.4 Å². The lowest BCUT2D eigenvalue weighted by molar-refractivity contribution is -0.119. The lowest BCUT2D eigenvalue weighted by atomic mass is 10.1. The van der Waals surface area contributed by atoms with Gasteiger partial charge in [-0.05, 0) is 55.3 Å². The first kappa shape index (κ1) is 18.3. The lowest BCUT2D eigenvalue weighted by Gasteiger charge is -2.13. The van der Waals surface area contributed by atoms with E-state index in [4.69, 9.17) is 0 Å². The van der Waals surface area contributed by atoms with E-state index in [0.717, 1.165) is 5.56 Å². The van der Waals surface area contributed by atoms with Crippen molar-refractivity contribution in [3.05, 3.63) is 72.8 Å². The maximum atomic E-state index is 12.3. The van der Waals surface area contributed by atoms with Crippen molar-refractivity contribution < 1.29 is 9.59 Å². The van der Waals surface area contributed by atoms with E-state index in [1.165, 1.54) is 0 Å². The summed E-state index contributed by atoms with van der Waals surface area (Å²) in [5.41, 5.74) is 2.32. The van der Waals surface area contributed by atoms with Crippen LogP contribution in [0.3, 0.4) is 0 Å². The van der Waals surface area contributed by atoms with Gasteiger partial charge in [-0.25, -0.2) is 0 Å². The Labute approximate surface area is 157 Å². The van der Waals surface area contributed by atoms with Gasteiger partial charge in [0.05, 0.1) is 0 Å². The number of nitrogens with one attached hydrogen (secondary N) is 2. The van der Waals surface area contributed by atoms with Gasteiger partial charge in [0.15, 0.2) is 0 Å². The summed E-state index contributed by atoms with van der Waals surface area (Å²) in [5, 5.41) is 9.78. The standard InChI is InChI=1S/C20H21N5O2/c1-15(25-13-3-10-22-25)20(27)24-18-5-2-4-17(14-18)23-19(26)7-6-16-8-11-21-12-9-16/h2-5,8-15H,6-7H2,1H3,(H,23,26)(H,24,27). The normalized spacial score (nSPS) is 11.6. The molecular formula is C20H21N5O2. The summed E-state index contributed by atoms with van der Waals surface area (Å²) >= 11 is 0. The summed E-state index contributed by atoms with van der Waals surface area (Å²) in [5.74, 6) is -0.264. The zero-order chi connectivity index (χ0) is 19.1. The third-order valence-corrected chi connectivity index (χ3v) is 4.11. The fraction of sp³-hybridized carbons (Fsp3) is 0.200. The average Bonchev–Trinajstić information content (AvgIpc) is 3.21. The fourth-order valence-corrected chi connectivity index (χ4v) is 2.58. The number of hydrogen-bond donors (Lipinski definition) is 2. The third kappa shape index (κ3) is 5.24. The molecule has 0 saturated heterocycles. The van der Waals surface area contributed by atoms with Crippen molar-refractivity contribution >= 4 is 23.2 Å². The molecule has 2 heterocycles. The Morgan fingerprint density at radius 3 is 2.48 bits per heavy atom. The van der Waals surface area contributed by atoms with Gasteiger partial charge in [0, 0.05) is 42.6 Å². The third-order valence-electron chi connectivity index (χ3n) is 4.11. The van der Waals surface area contributed by atoms with Crippen molar-refractivity contribution in [2.75, 3.05) is 10.6 Å². The molecule has 7 nitrogen and oxygen atoms in total. The van der Waals surface area contributed by atoms with Gasteiger partial charge < -0.3 is 10.6 Å². The average molecular weight is 363 g/mol. The number of benzene rings is 1. The highest BCUT2D eigenvalue weighted by atomic mass is 16.2. The quantitative estimate of drug-likeness (QED) is 0.675. The Morgan fingerprint density at radius 1 is 1.04 bits per heavy atom. The molecule has 3 rings (SSSR count). The van der Waals surface area contributed by atoms with Gasteiger partial charge in [0.25, 0.3) is 0 Å². The number of aromatic nitrogens is 3. The van der Waals surface area contributed by atoms with Crippen molar-refractivity contribution in [2.45, 2.75) is 25.8 Å². The van der Waals surface area contributed by atoms with E-state index in [0.29, 0.717) is 24.2 Å². The summed E-state index contributed by atoms with van der Waals surface area (Å²) in [4.78, 5) is 28.5. The molecule has 2 aromatic heterocycles. The highest BCUT2D eigenvalue weighted by Crippen LogP contribution is 2.17. The van der Waals surface area contributed by atoms with Crippen LogP contribution >= 0.6 is 0 Å². The molecule has 1 aromatic carbocycles. The molecule has 0 radical (unpaired) electrons. The molecule has 138 valence electrons. The minimum atomic E-state index is -0.432. The summed E-state index contributed by atoms with van der Waals surface area (Å²) in [7, 11) is 0. The highest BCUT2D eigenvalue weighted by molar-refractivity contribution is 5.95. The summed E-state index contributed by atoms with van der Waals surface area (Å²) < 4.78 is 1.58. The molecule has 1 atom stereocenters. The molecule has 0 bridgehead atoms. The Bertz CT molecular complexity index is 894.